The van der Waals surface area contributed by atoms with Crippen LogP contribution in [0.5, 0.6) is 5.88 Å². The molecular weight excluding hydrogens is 410 g/mol. The summed E-state index contributed by atoms with van der Waals surface area (Å²) in [4.78, 5) is 27.3. The lowest BCUT2D eigenvalue weighted by Crippen LogP contribution is -2.20. The Kier molecular flexibility index (Phi) is 12.6. The number of nitrogens with zero attached hydrogens (tertiary/aromatic N) is 1. The molecule has 0 spiro atoms. The highest BCUT2D eigenvalue weighted by atomic mass is 32.2. The minimum absolute atomic E-state index is 0.0437. The summed E-state index contributed by atoms with van der Waals surface area (Å²) in [5.41, 5.74) is 0.459. The summed E-state index contributed by atoms with van der Waals surface area (Å²) in [5, 5.41) is 8.70. The highest BCUT2D eigenvalue weighted by Crippen LogP contribution is 2.30. The van der Waals surface area contributed by atoms with Crippen molar-refractivity contribution in [3.63, 3.8) is 0 Å². The van der Waals surface area contributed by atoms with Gasteiger partial charge in [-0.25, -0.2) is 4.98 Å². The fourth-order valence-corrected chi connectivity index (χ4v) is 3.84. The highest BCUT2D eigenvalue weighted by Gasteiger charge is 2.24. The van der Waals surface area contributed by atoms with Gasteiger partial charge in [0.25, 0.3) is 0 Å². The van der Waals surface area contributed by atoms with Crippen LogP contribution < -0.4 is 4.74 Å². The van der Waals surface area contributed by atoms with E-state index in [0.29, 0.717) is 17.2 Å². The van der Waals surface area contributed by atoms with Gasteiger partial charge in [0.1, 0.15) is 5.76 Å². The average molecular weight is 446 g/mol. The molecule has 0 bridgehead atoms. The van der Waals surface area contributed by atoms with Gasteiger partial charge in [0, 0.05) is 6.20 Å². The van der Waals surface area contributed by atoms with Crippen LogP contribution in [0.4, 0.5) is 0 Å². The van der Waals surface area contributed by atoms with Crippen LogP contribution in [0.15, 0.2) is 53.8 Å². The number of ketones is 1. The standard InChI is InChI=1S/C16H19NO2S.C9H16O2/c1-5-14(20-4)9-6-8-12(2)19-16-15(13(3)18)10-7-11-17-16;1-2-7-3-5-8(6-4-7)9(10)11/h5-8,10-11H,2,9H2,1,3-4H3;7-8H,2-6H2,1H3,(H,10,11)/b8-6-,14-5+;. The lowest BCUT2D eigenvalue weighted by molar-refractivity contribution is -0.143. The number of ether oxygens (including phenoxy) is 1. The Morgan fingerprint density at radius 1 is 1.32 bits per heavy atom. The number of thioether (sulfide) groups is 1. The average Bonchev–Trinajstić information content (AvgIpc) is 2.77. The Morgan fingerprint density at radius 3 is 2.52 bits per heavy atom. The molecule has 1 aliphatic carbocycles. The van der Waals surface area contributed by atoms with Crippen LogP contribution >= 0.6 is 11.8 Å². The molecule has 1 aliphatic rings. The molecule has 0 radical (unpaired) electrons. The highest BCUT2D eigenvalue weighted by molar-refractivity contribution is 8.02. The van der Waals surface area contributed by atoms with E-state index in [9.17, 15) is 9.59 Å². The summed E-state index contributed by atoms with van der Waals surface area (Å²) in [7, 11) is 0. The predicted molar refractivity (Wildman–Crippen MR) is 128 cm³/mol. The molecule has 1 N–H and O–H groups in total. The summed E-state index contributed by atoms with van der Waals surface area (Å²) in [6, 6.07) is 3.40. The minimum Gasteiger partial charge on any atom is -0.481 e. The first-order valence-corrected chi connectivity index (χ1v) is 12.0. The fourth-order valence-electron chi connectivity index (χ4n) is 3.34. The van der Waals surface area contributed by atoms with E-state index in [4.69, 9.17) is 9.84 Å². The van der Waals surface area contributed by atoms with Crippen LogP contribution in [-0.2, 0) is 4.79 Å². The Balaban J connectivity index is 0.000000367. The molecule has 0 unspecified atom stereocenters. The van der Waals surface area contributed by atoms with Crippen molar-refractivity contribution < 1.29 is 19.4 Å². The lowest BCUT2D eigenvalue weighted by Gasteiger charge is -2.24. The van der Waals surface area contributed by atoms with Crippen molar-refractivity contribution in [2.45, 2.75) is 59.3 Å². The number of aromatic nitrogens is 1. The SMILES string of the molecule is C=C(/C=C\C/C(=C\C)SC)Oc1ncccc1C(C)=O.CCC1CCC(C(=O)O)CC1. The molecule has 0 aromatic carbocycles. The molecule has 6 heteroatoms. The third-order valence-corrected chi connectivity index (χ3v) is 6.29. The first-order valence-electron chi connectivity index (χ1n) is 10.7. The van der Waals surface area contributed by atoms with Gasteiger partial charge in [0.2, 0.25) is 5.88 Å². The van der Waals surface area contributed by atoms with E-state index in [2.05, 4.69) is 24.6 Å². The quantitative estimate of drug-likeness (QED) is 0.260. The second-order valence-electron chi connectivity index (χ2n) is 7.51. The van der Waals surface area contributed by atoms with E-state index in [1.807, 2.05) is 19.3 Å². The normalized spacial score (nSPS) is 18.8. The summed E-state index contributed by atoms with van der Waals surface area (Å²) in [6.45, 7) is 9.50. The van der Waals surface area contributed by atoms with Crippen molar-refractivity contribution in [2.24, 2.45) is 11.8 Å². The van der Waals surface area contributed by atoms with E-state index >= 15 is 0 Å². The molecule has 1 aromatic heterocycles. The number of carbonyl (C=O) groups excluding carboxylic acids is 1. The van der Waals surface area contributed by atoms with Gasteiger partial charge >= 0.3 is 5.97 Å². The number of hydrogen-bond acceptors (Lipinski definition) is 5. The van der Waals surface area contributed by atoms with Crippen molar-refractivity contribution >= 4 is 23.5 Å². The van der Waals surface area contributed by atoms with Crippen LogP contribution in [0.1, 0.15) is 69.7 Å². The number of pyridine rings is 1. The second-order valence-corrected chi connectivity index (χ2v) is 8.44. The largest absolute Gasteiger partial charge is 0.481 e. The Labute approximate surface area is 190 Å². The minimum atomic E-state index is -0.598. The number of allylic oxidation sites excluding steroid dienone is 4. The molecule has 1 saturated carbocycles. The number of rotatable bonds is 9. The third-order valence-electron chi connectivity index (χ3n) is 5.36. The van der Waals surface area contributed by atoms with Gasteiger partial charge in [0.15, 0.2) is 5.78 Å². The van der Waals surface area contributed by atoms with Crippen LogP contribution in [0.2, 0.25) is 0 Å². The van der Waals surface area contributed by atoms with Gasteiger partial charge in [-0.05, 0) is 81.2 Å². The monoisotopic (exact) mass is 445 g/mol. The summed E-state index contributed by atoms with van der Waals surface area (Å²) >= 11 is 1.71. The molecule has 0 saturated heterocycles. The topological polar surface area (TPSA) is 76.5 Å². The Bertz CT molecular complexity index is 792. The molecule has 31 heavy (non-hydrogen) atoms. The summed E-state index contributed by atoms with van der Waals surface area (Å²) < 4.78 is 5.52. The van der Waals surface area contributed by atoms with Crippen molar-refractivity contribution in [3.8, 4) is 5.88 Å². The van der Waals surface area contributed by atoms with E-state index < -0.39 is 5.97 Å². The molecule has 0 aliphatic heterocycles. The van der Waals surface area contributed by atoms with Gasteiger partial charge < -0.3 is 9.84 Å². The number of Topliss-reactive ketones (excluding diaryl/α,β-unsaturated/α-hetero) is 1. The molecule has 1 fully saturated rings. The van der Waals surface area contributed by atoms with Gasteiger partial charge in [-0.2, -0.15) is 0 Å². The Morgan fingerprint density at radius 2 is 2.00 bits per heavy atom. The number of carboxylic acid groups (broad SMARTS) is 1. The van der Waals surface area contributed by atoms with Gasteiger partial charge in [-0.1, -0.05) is 32.1 Å². The predicted octanol–water partition coefficient (Wildman–Crippen LogP) is 6.68. The summed E-state index contributed by atoms with van der Waals surface area (Å²) in [5.74, 6) is 0.833. The van der Waals surface area contributed by atoms with Crippen molar-refractivity contribution in [2.75, 3.05) is 6.26 Å². The van der Waals surface area contributed by atoms with Gasteiger partial charge in [-0.15, -0.1) is 11.8 Å². The number of aliphatic carboxylic acids is 1. The van der Waals surface area contributed by atoms with E-state index in [1.54, 1.807) is 36.2 Å². The Hall–Kier alpha value is -2.34. The van der Waals surface area contributed by atoms with E-state index in [0.717, 1.165) is 38.0 Å². The van der Waals surface area contributed by atoms with Gasteiger partial charge in [0.05, 0.1) is 11.5 Å². The number of hydrogen-bond donors (Lipinski definition) is 1. The van der Waals surface area contributed by atoms with Crippen molar-refractivity contribution in [3.05, 3.63) is 59.4 Å². The molecule has 0 atom stereocenters. The molecule has 0 amide bonds. The second kappa shape index (κ2) is 14.6. The maximum Gasteiger partial charge on any atom is 0.306 e. The van der Waals surface area contributed by atoms with Crippen LogP contribution in [0.25, 0.3) is 0 Å². The first-order chi connectivity index (χ1) is 14.8. The molecule has 1 heterocycles. The van der Waals surface area contributed by atoms with Crippen LogP contribution in [0, 0.1) is 11.8 Å². The first kappa shape index (κ1) is 26.7. The van der Waals surface area contributed by atoms with Crippen molar-refractivity contribution in [1.29, 1.82) is 0 Å². The molecule has 1 aromatic rings. The molecular formula is C25H35NO4S. The molecule has 2 rings (SSSR count). The van der Waals surface area contributed by atoms with E-state index in [-0.39, 0.29) is 11.7 Å². The van der Waals surface area contributed by atoms with E-state index in [1.165, 1.54) is 18.2 Å². The molecule has 170 valence electrons. The zero-order valence-electron chi connectivity index (χ0n) is 19.1. The molecule has 5 nitrogen and oxygen atoms in total. The third kappa shape index (κ3) is 10.0. The zero-order valence-corrected chi connectivity index (χ0v) is 19.9. The maximum atomic E-state index is 11.5. The van der Waals surface area contributed by atoms with Gasteiger partial charge in [-0.3, -0.25) is 9.59 Å². The zero-order chi connectivity index (χ0) is 23.2. The number of carboxylic acids is 1. The van der Waals surface area contributed by atoms with Crippen LogP contribution in [-0.4, -0.2) is 28.1 Å². The smallest absolute Gasteiger partial charge is 0.306 e. The maximum absolute atomic E-state index is 11.5. The fraction of sp³-hybridized carbons (Fsp3) is 0.480. The summed E-state index contributed by atoms with van der Waals surface area (Å²) in [6.07, 6.45) is 15.6. The van der Waals surface area contributed by atoms with Crippen LogP contribution in [0.3, 0.4) is 0 Å². The van der Waals surface area contributed by atoms with Crippen molar-refractivity contribution in [1.82, 2.24) is 4.98 Å². The number of carbonyl (C=O) groups is 2. The lowest BCUT2D eigenvalue weighted by atomic mass is 9.81.